The number of pyridine rings is 1. The van der Waals surface area contributed by atoms with E-state index < -0.39 is 11.2 Å². The summed E-state index contributed by atoms with van der Waals surface area (Å²) in [6.45, 7) is 3.84. The molecule has 7 nitrogen and oxygen atoms in total. The fourth-order valence-electron chi connectivity index (χ4n) is 3.08. The highest BCUT2D eigenvalue weighted by atomic mass is 16.3. The number of phenols is 1. The minimum Gasteiger partial charge on any atom is -0.507 e. The predicted octanol–water partition coefficient (Wildman–Crippen LogP) is 4.55. The molecular formula is C21H21N3O4. The smallest absolute Gasteiger partial charge is 0.233 e. The van der Waals surface area contributed by atoms with Gasteiger partial charge in [-0.15, -0.1) is 4.91 Å². The van der Waals surface area contributed by atoms with Gasteiger partial charge in [-0.05, 0) is 37.6 Å². The van der Waals surface area contributed by atoms with Gasteiger partial charge in [0, 0.05) is 29.9 Å². The number of anilines is 1. The lowest BCUT2D eigenvalue weighted by Gasteiger charge is -2.13. The zero-order valence-corrected chi connectivity index (χ0v) is 15.8. The first-order valence-corrected chi connectivity index (χ1v) is 8.76. The molecule has 3 rings (SSSR count). The molecule has 0 saturated carbocycles. The first kappa shape index (κ1) is 19.2. The number of aromatic hydroxyl groups is 2. The molecule has 1 heterocycles. The average molecular weight is 379 g/mol. The summed E-state index contributed by atoms with van der Waals surface area (Å²) in [6.07, 6.45) is 2.25. The molecular weight excluding hydrogens is 358 g/mol. The summed E-state index contributed by atoms with van der Waals surface area (Å²) in [5.41, 5.74) is 2.51. The van der Waals surface area contributed by atoms with Gasteiger partial charge >= 0.3 is 0 Å². The third-order valence-corrected chi connectivity index (χ3v) is 4.59. The second-order valence-corrected chi connectivity index (χ2v) is 6.73. The van der Waals surface area contributed by atoms with Crippen LogP contribution >= 0.6 is 0 Å². The highest BCUT2D eigenvalue weighted by Gasteiger charge is 2.20. The number of phenolic OH excluding ortho intramolecular Hbond substituents is 1. The van der Waals surface area contributed by atoms with E-state index in [1.165, 1.54) is 0 Å². The largest absolute Gasteiger partial charge is 0.507 e. The molecule has 0 aliphatic rings. The van der Waals surface area contributed by atoms with Gasteiger partial charge in [-0.25, -0.2) is 0 Å². The number of benzene rings is 2. The summed E-state index contributed by atoms with van der Waals surface area (Å²) >= 11 is 0. The quantitative estimate of drug-likeness (QED) is 0.383. The second-order valence-electron chi connectivity index (χ2n) is 6.73. The Balaban J connectivity index is 2.37. The van der Waals surface area contributed by atoms with E-state index in [0.29, 0.717) is 17.5 Å². The molecule has 1 aromatic heterocycles. The summed E-state index contributed by atoms with van der Waals surface area (Å²) in [6, 6.07) is 8.27. The summed E-state index contributed by atoms with van der Waals surface area (Å²) in [5, 5.41) is 26.7. The van der Waals surface area contributed by atoms with Crippen LogP contribution in [0.15, 0.2) is 52.0 Å². The van der Waals surface area contributed by atoms with Crippen LogP contribution in [0, 0.1) is 4.91 Å². The van der Waals surface area contributed by atoms with Crippen LogP contribution in [0.3, 0.4) is 0 Å². The van der Waals surface area contributed by atoms with Crippen molar-refractivity contribution in [1.82, 2.24) is 4.98 Å². The number of hydrogen-bond acceptors (Lipinski definition) is 6. The van der Waals surface area contributed by atoms with Crippen LogP contribution in [-0.4, -0.2) is 22.2 Å². The first-order valence-electron chi connectivity index (χ1n) is 8.76. The number of aromatic amines is 1. The van der Waals surface area contributed by atoms with Gasteiger partial charge < -0.3 is 20.5 Å². The maximum absolute atomic E-state index is 12.8. The van der Waals surface area contributed by atoms with Crippen molar-refractivity contribution >= 4 is 22.3 Å². The Bertz CT molecular complexity index is 1140. The summed E-state index contributed by atoms with van der Waals surface area (Å²) in [5.74, 6) is -0.647. The summed E-state index contributed by atoms with van der Waals surface area (Å²) in [4.78, 5) is 27.1. The Morgan fingerprint density at radius 1 is 1.21 bits per heavy atom. The normalized spacial score (nSPS) is 10.7. The standard InChI is InChI=1S/C21H21N3O4/c1-11(2)4-9-14-16(25)10-15(24-28)17-19(14)23-18(21(27)20(17)26)12-5-7-13(22-3)8-6-12/h4-8,10,22,25,27H,9H2,1-3H3,(H,23,26). The molecule has 4 N–H and O–H groups in total. The van der Waals surface area contributed by atoms with Gasteiger partial charge in [0.25, 0.3) is 0 Å². The van der Waals surface area contributed by atoms with E-state index in [-0.39, 0.29) is 28.0 Å². The highest BCUT2D eigenvalue weighted by molar-refractivity contribution is 5.97. The van der Waals surface area contributed by atoms with Crippen LogP contribution in [0.4, 0.5) is 11.4 Å². The number of fused-ring (bicyclic) bond motifs is 1. The van der Waals surface area contributed by atoms with Crippen molar-refractivity contribution in [2.75, 3.05) is 12.4 Å². The predicted molar refractivity (Wildman–Crippen MR) is 111 cm³/mol. The number of rotatable bonds is 5. The van der Waals surface area contributed by atoms with E-state index in [2.05, 4.69) is 15.5 Å². The van der Waals surface area contributed by atoms with E-state index >= 15 is 0 Å². The lowest BCUT2D eigenvalue weighted by atomic mass is 10.0. The number of H-pyrrole nitrogens is 1. The Hall–Kier alpha value is -3.61. The molecule has 2 aromatic carbocycles. The number of allylic oxidation sites excluding steroid dienone is 2. The Kier molecular flexibility index (Phi) is 5.17. The number of nitrogens with one attached hydrogen (secondary N) is 2. The molecule has 0 saturated heterocycles. The highest BCUT2D eigenvalue weighted by Crippen LogP contribution is 2.37. The van der Waals surface area contributed by atoms with Gasteiger partial charge in [0.2, 0.25) is 5.43 Å². The van der Waals surface area contributed by atoms with Gasteiger partial charge in [0.1, 0.15) is 11.4 Å². The van der Waals surface area contributed by atoms with Crippen molar-refractivity contribution < 1.29 is 10.2 Å². The Morgan fingerprint density at radius 2 is 1.89 bits per heavy atom. The number of hydrogen-bond donors (Lipinski definition) is 4. The number of nitroso groups, excluding NO2 is 1. The van der Waals surface area contributed by atoms with Crippen molar-refractivity contribution in [3.05, 3.63) is 62.7 Å². The molecule has 7 heteroatoms. The monoisotopic (exact) mass is 379 g/mol. The maximum Gasteiger partial charge on any atom is 0.233 e. The molecule has 0 fully saturated rings. The maximum atomic E-state index is 12.8. The van der Waals surface area contributed by atoms with Crippen molar-refractivity contribution in [3.8, 4) is 22.8 Å². The topological polar surface area (TPSA) is 115 Å². The van der Waals surface area contributed by atoms with Gasteiger partial charge in [-0.1, -0.05) is 23.8 Å². The van der Waals surface area contributed by atoms with Crippen LogP contribution < -0.4 is 10.7 Å². The summed E-state index contributed by atoms with van der Waals surface area (Å²) in [7, 11) is 1.79. The molecule has 28 heavy (non-hydrogen) atoms. The molecule has 0 amide bonds. The van der Waals surface area contributed by atoms with E-state index in [1.807, 2.05) is 32.1 Å². The lowest BCUT2D eigenvalue weighted by molar-refractivity contribution is 0.468. The van der Waals surface area contributed by atoms with Crippen LogP contribution in [0.1, 0.15) is 19.4 Å². The average Bonchev–Trinajstić information content (AvgIpc) is 2.69. The lowest BCUT2D eigenvalue weighted by Crippen LogP contribution is -2.07. The van der Waals surface area contributed by atoms with Gasteiger partial charge in [0.05, 0.1) is 16.6 Å². The molecule has 3 aromatic rings. The second kappa shape index (κ2) is 7.56. The van der Waals surface area contributed by atoms with Crippen LogP contribution in [0.5, 0.6) is 11.5 Å². The molecule has 0 bridgehead atoms. The minimum atomic E-state index is -0.713. The number of nitrogens with zero attached hydrogens (tertiary/aromatic N) is 1. The minimum absolute atomic E-state index is 0.0435. The third-order valence-electron chi connectivity index (χ3n) is 4.59. The van der Waals surface area contributed by atoms with Gasteiger partial charge in [-0.2, -0.15) is 0 Å². The fraction of sp³-hybridized carbons (Fsp3) is 0.190. The Labute approximate surface area is 161 Å². The van der Waals surface area contributed by atoms with Crippen molar-refractivity contribution in [2.45, 2.75) is 20.3 Å². The van der Waals surface area contributed by atoms with E-state index in [0.717, 1.165) is 17.3 Å². The summed E-state index contributed by atoms with van der Waals surface area (Å²) < 4.78 is 0. The molecule has 0 atom stereocenters. The van der Waals surface area contributed by atoms with Crippen LogP contribution in [0.2, 0.25) is 0 Å². The molecule has 0 aliphatic carbocycles. The van der Waals surface area contributed by atoms with E-state index in [1.54, 1.807) is 19.2 Å². The third kappa shape index (κ3) is 3.34. The molecule has 0 spiro atoms. The van der Waals surface area contributed by atoms with E-state index in [9.17, 15) is 19.9 Å². The first-order chi connectivity index (χ1) is 13.4. The zero-order valence-electron chi connectivity index (χ0n) is 15.8. The van der Waals surface area contributed by atoms with Crippen molar-refractivity contribution in [2.24, 2.45) is 5.18 Å². The molecule has 0 radical (unpaired) electrons. The molecule has 144 valence electrons. The molecule has 0 unspecified atom stereocenters. The Morgan fingerprint density at radius 3 is 2.46 bits per heavy atom. The van der Waals surface area contributed by atoms with Gasteiger partial charge in [0.15, 0.2) is 5.75 Å². The zero-order chi connectivity index (χ0) is 20.4. The van der Waals surface area contributed by atoms with Crippen LogP contribution in [0.25, 0.3) is 22.2 Å². The fourth-order valence-corrected chi connectivity index (χ4v) is 3.08. The van der Waals surface area contributed by atoms with E-state index in [4.69, 9.17) is 0 Å². The number of aromatic nitrogens is 1. The van der Waals surface area contributed by atoms with Gasteiger partial charge in [-0.3, -0.25) is 4.79 Å². The van der Waals surface area contributed by atoms with Crippen molar-refractivity contribution in [1.29, 1.82) is 0 Å². The molecule has 0 aliphatic heterocycles. The van der Waals surface area contributed by atoms with Crippen molar-refractivity contribution in [3.63, 3.8) is 0 Å². The SMILES string of the molecule is CNc1ccc(-c2[nH]c3c(CC=C(C)C)c(O)cc(N=O)c3c(=O)c2O)cc1. The van der Waals surface area contributed by atoms with Crippen LogP contribution in [-0.2, 0) is 6.42 Å².